The predicted octanol–water partition coefficient (Wildman–Crippen LogP) is 1.57. The highest BCUT2D eigenvalue weighted by molar-refractivity contribution is 5.26. The second kappa shape index (κ2) is 2.29. The lowest BCUT2D eigenvalue weighted by Crippen LogP contribution is -1.98. The third kappa shape index (κ3) is 0.934. The molecule has 0 amide bonds. The van der Waals surface area contributed by atoms with Gasteiger partial charge in [-0.1, -0.05) is 13.8 Å². The number of hydrogen-bond acceptors (Lipinski definition) is 2. The molecular weight excluding hydrogens is 136 g/mol. The van der Waals surface area contributed by atoms with Crippen molar-refractivity contribution in [2.24, 2.45) is 5.92 Å². The summed E-state index contributed by atoms with van der Waals surface area (Å²) in [6, 6.07) is 0. The lowest BCUT2D eigenvalue weighted by atomic mass is 9.99. The summed E-state index contributed by atoms with van der Waals surface area (Å²) in [7, 11) is 0. The van der Waals surface area contributed by atoms with Gasteiger partial charge >= 0.3 is 0 Å². The average molecular weight is 147 g/mol. The van der Waals surface area contributed by atoms with Crippen LogP contribution < -0.4 is 0 Å². The highest BCUT2D eigenvalue weighted by Gasteiger charge is 2.26. The van der Waals surface area contributed by atoms with Crippen molar-refractivity contribution in [2.45, 2.75) is 26.2 Å². The molecule has 2 rings (SSSR count). The molecular formula is C9H11N2. The lowest BCUT2D eigenvalue weighted by Gasteiger charge is -2.06. The number of aromatic nitrogens is 2. The Kier molecular flexibility index (Phi) is 1.41. The molecule has 1 aromatic heterocycles. The van der Waals surface area contributed by atoms with Crippen LogP contribution in [0.15, 0.2) is 6.20 Å². The molecule has 57 valence electrons. The van der Waals surface area contributed by atoms with Crippen molar-refractivity contribution in [1.82, 2.24) is 9.97 Å². The first-order valence-corrected chi connectivity index (χ1v) is 4.01. The summed E-state index contributed by atoms with van der Waals surface area (Å²) in [6.45, 7) is 4.48. The van der Waals surface area contributed by atoms with Gasteiger partial charge < -0.3 is 0 Å². The topological polar surface area (TPSA) is 25.8 Å². The van der Waals surface area contributed by atoms with Crippen LogP contribution in [-0.2, 0) is 6.42 Å². The Balaban J connectivity index is 2.47. The fourth-order valence-electron chi connectivity index (χ4n) is 1.67. The molecule has 0 saturated heterocycles. The van der Waals surface area contributed by atoms with E-state index in [0.717, 1.165) is 12.3 Å². The predicted molar refractivity (Wildman–Crippen MR) is 42.2 cm³/mol. The van der Waals surface area contributed by atoms with Crippen LogP contribution >= 0.6 is 0 Å². The van der Waals surface area contributed by atoms with Gasteiger partial charge in [0.25, 0.3) is 0 Å². The lowest BCUT2D eigenvalue weighted by molar-refractivity contribution is 0.526. The zero-order chi connectivity index (χ0) is 7.84. The maximum absolute atomic E-state index is 4.15. The summed E-state index contributed by atoms with van der Waals surface area (Å²) in [5.74, 6) is 1.30. The Bertz CT molecular complexity index is 270. The molecule has 0 aromatic carbocycles. The second-order valence-electron chi connectivity index (χ2n) is 3.35. The van der Waals surface area contributed by atoms with Crippen LogP contribution in [-0.4, -0.2) is 9.97 Å². The second-order valence-corrected chi connectivity index (χ2v) is 3.35. The van der Waals surface area contributed by atoms with Crippen molar-refractivity contribution in [3.63, 3.8) is 0 Å². The van der Waals surface area contributed by atoms with Crippen LogP contribution in [0.4, 0.5) is 0 Å². The van der Waals surface area contributed by atoms with Crippen LogP contribution in [0.2, 0.25) is 0 Å². The molecule has 1 aliphatic carbocycles. The van der Waals surface area contributed by atoms with E-state index in [-0.39, 0.29) is 0 Å². The van der Waals surface area contributed by atoms with Gasteiger partial charge in [0.15, 0.2) is 6.33 Å². The summed E-state index contributed by atoms with van der Waals surface area (Å²) in [4.78, 5) is 8.04. The Hall–Kier alpha value is -0.920. The van der Waals surface area contributed by atoms with E-state index in [0.29, 0.717) is 5.92 Å². The number of hydrogen-bond donors (Lipinski definition) is 0. The molecule has 1 radical (unpaired) electrons. The molecule has 2 atom stereocenters. The SMILES string of the molecule is CC1Cc2cn[c]nc2C1C. The minimum Gasteiger partial charge on any atom is -0.233 e. The Morgan fingerprint density at radius 1 is 1.55 bits per heavy atom. The fraction of sp³-hybridized carbons (Fsp3) is 0.556. The molecule has 2 nitrogen and oxygen atoms in total. The quantitative estimate of drug-likeness (QED) is 0.556. The van der Waals surface area contributed by atoms with Gasteiger partial charge in [-0.3, -0.25) is 0 Å². The molecule has 0 fully saturated rings. The molecule has 1 aromatic rings. The van der Waals surface area contributed by atoms with E-state index in [1.54, 1.807) is 0 Å². The maximum atomic E-state index is 4.15. The van der Waals surface area contributed by atoms with Crippen molar-refractivity contribution in [3.8, 4) is 0 Å². The van der Waals surface area contributed by atoms with Crippen LogP contribution in [0.3, 0.4) is 0 Å². The molecule has 0 N–H and O–H groups in total. The standard InChI is InChI=1S/C9H11N2/c1-6-3-8-4-10-5-11-9(8)7(6)2/h4,6-7H,3H2,1-2H3. The normalized spacial score (nSPS) is 28.5. The zero-order valence-corrected chi connectivity index (χ0v) is 6.83. The maximum Gasteiger partial charge on any atom is 0.197 e. The van der Waals surface area contributed by atoms with Gasteiger partial charge in [0.05, 0.1) is 5.69 Å². The molecule has 0 saturated carbocycles. The Labute approximate surface area is 66.7 Å². The first-order chi connectivity index (χ1) is 5.29. The van der Waals surface area contributed by atoms with Gasteiger partial charge in [0.2, 0.25) is 0 Å². The van der Waals surface area contributed by atoms with Crippen LogP contribution in [0.1, 0.15) is 31.0 Å². The van der Waals surface area contributed by atoms with Gasteiger partial charge in [-0.15, -0.1) is 0 Å². The monoisotopic (exact) mass is 147 g/mol. The molecule has 1 aliphatic rings. The molecule has 11 heavy (non-hydrogen) atoms. The number of nitrogens with zero attached hydrogens (tertiary/aromatic N) is 2. The Morgan fingerprint density at radius 2 is 2.36 bits per heavy atom. The largest absolute Gasteiger partial charge is 0.233 e. The first-order valence-electron chi connectivity index (χ1n) is 4.01. The molecule has 0 spiro atoms. The van der Waals surface area contributed by atoms with E-state index in [4.69, 9.17) is 0 Å². The van der Waals surface area contributed by atoms with Crippen molar-refractivity contribution >= 4 is 0 Å². The highest BCUT2D eigenvalue weighted by atomic mass is 14.8. The zero-order valence-electron chi connectivity index (χ0n) is 6.83. The van der Waals surface area contributed by atoms with E-state index in [1.807, 2.05) is 6.20 Å². The van der Waals surface area contributed by atoms with Gasteiger partial charge in [-0.25, -0.2) is 9.97 Å². The van der Waals surface area contributed by atoms with Crippen molar-refractivity contribution < 1.29 is 0 Å². The van der Waals surface area contributed by atoms with E-state index >= 15 is 0 Å². The fourth-order valence-corrected chi connectivity index (χ4v) is 1.67. The van der Waals surface area contributed by atoms with Crippen molar-refractivity contribution in [1.29, 1.82) is 0 Å². The molecule has 2 heteroatoms. The van der Waals surface area contributed by atoms with E-state index < -0.39 is 0 Å². The van der Waals surface area contributed by atoms with Crippen molar-refractivity contribution in [3.05, 3.63) is 23.8 Å². The number of rotatable bonds is 0. The Morgan fingerprint density at radius 3 is 3.09 bits per heavy atom. The smallest absolute Gasteiger partial charge is 0.197 e. The van der Waals surface area contributed by atoms with Gasteiger partial charge in [-0.05, 0) is 17.9 Å². The summed E-state index contributed by atoms with van der Waals surface area (Å²) in [6.07, 6.45) is 5.67. The minimum absolute atomic E-state index is 0.587. The van der Waals surface area contributed by atoms with Crippen molar-refractivity contribution in [2.75, 3.05) is 0 Å². The summed E-state index contributed by atoms with van der Waals surface area (Å²) >= 11 is 0. The van der Waals surface area contributed by atoms with E-state index in [9.17, 15) is 0 Å². The van der Waals surface area contributed by atoms with E-state index in [1.165, 1.54) is 11.3 Å². The highest BCUT2D eigenvalue weighted by Crippen LogP contribution is 2.34. The third-order valence-electron chi connectivity index (χ3n) is 2.60. The molecule has 1 heterocycles. The third-order valence-corrected chi connectivity index (χ3v) is 2.60. The first kappa shape index (κ1) is 6.77. The van der Waals surface area contributed by atoms with Crippen LogP contribution in [0, 0.1) is 12.2 Å². The molecule has 0 aliphatic heterocycles. The number of fused-ring (bicyclic) bond motifs is 1. The van der Waals surface area contributed by atoms with Gasteiger partial charge in [0, 0.05) is 12.1 Å². The average Bonchev–Trinajstić information content (AvgIpc) is 2.30. The molecule has 2 unspecified atom stereocenters. The molecule has 0 bridgehead atoms. The van der Waals surface area contributed by atoms with E-state index in [2.05, 4.69) is 30.1 Å². The van der Waals surface area contributed by atoms with Crippen LogP contribution in [0.5, 0.6) is 0 Å². The summed E-state index contributed by atoms with van der Waals surface area (Å²) in [5, 5.41) is 0. The summed E-state index contributed by atoms with van der Waals surface area (Å²) in [5.41, 5.74) is 2.51. The van der Waals surface area contributed by atoms with Gasteiger partial charge in [0.1, 0.15) is 0 Å². The van der Waals surface area contributed by atoms with Crippen LogP contribution in [0.25, 0.3) is 0 Å². The van der Waals surface area contributed by atoms with Gasteiger partial charge in [-0.2, -0.15) is 0 Å². The minimum atomic E-state index is 0.587. The summed E-state index contributed by atoms with van der Waals surface area (Å²) < 4.78 is 0.